The van der Waals surface area contributed by atoms with E-state index in [1.807, 2.05) is 0 Å². The molecule has 0 unspecified atom stereocenters. The van der Waals surface area contributed by atoms with Crippen LogP contribution in [-0.4, -0.2) is 62.1 Å². The molecule has 3 atom stereocenters. The van der Waals surface area contributed by atoms with Gasteiger partial charge in [-0.1, -0.05) is 18.2 Å². The number of carboxylic acid groups (broad SMARTS) is 1. The minimum atomic E-state index is -1.05. The van der Waals surface area contributed by atoms with E-state index in [9.17, 15) is 24.3 Å². The number of H-pyrrole nitrogens is 1. The smallest absolute Gasteiger partial charge is 0.330 e. The molecule has 11 heteroatoms. The third kappa shape index (κ3) is 6.11. The lowest BCUT2D eigenvalue weighted by atomic mass is 10.2. The van der Waals surface area contributed by atoms with Gasteiger partial charge in [0.2, 0.25) is 0 Å². The van der Waals surface area contributed by atoms with Crippen LogP contribution in [0.25, 0.3) is 0 Å². The number of aliphatic hydroxyl groups is 2. The van der Waals surface area contributed by atoms with Crippen molar-refractivity contribution in [2.75, 3.05) is 13.2 Å². The van der Waals surface area contributed by atoms with Crippen LogP contribution in [0.3, 0.4) is 0 Å². The molecule has 0 aliphatic carbocycles. The molecule has 2 aromatic rings. The molecule has 1 fully saturated rings. The number of amides is 1. The van der Waals surface area contributed by atoms with Gasteiger partial charge in [0.25, 0.3) is 11.5 Å². The number of aliphatic hydroxyl groups excluding tert-OH is 2. The molecule has 1 saturated heterocycles. The molecule has 0 saturated carbocycles. The lowest BCUT2D eigenvalue weighted by molar-refractivity contribution is -0.135. The molecular formula is C19H23N3O8. The Hall–Kier alpha value is -3.28. The lowest BCUT2D eigenvalue weighted by Crippen LogP contribution is -2.33. The van der Waals surface area contributed by atoms with Gasteiger partial charge in [0.15, 0.2) is 0 Å². The fourth-order valence-corrected chi connectivity index (χ4v) is 2.70. The van der Waals surface area contributed by atoms with Crippen LogP contribution in [0.15, 0.2) is 46.1 Å². The number of nitrogens with zero attached hydrogens (tertiary/aromatic N) is 1. The van der Waals surface area contributed by atoms with Crippen molar-refractivity contribution in [1.29, 1.82) is 0 Å². The molecule has 1 aliphatic heterocycles. The number of aromatic nitrogens is 2. The van der Waals surface area contributed by atoms with Gasteiger partial charge in [-0.05, 0) is 19.1 Å². The first kappa shape index (κ1) is 23.0. The quantitative estimate of drug-likeness (QED) is 0.408. The first-order valence-corrected chi connectivity index (χ1v) is 9.04. The van der Waals surface area contributed by atoms with Gasteiger partial charge < -0.3 is 25.4 Å². The molecular weight excluding hydrogens is 398 g/mol. The van der Waals surface area contributed by atoms with Gasteiger partial charge in [-0.25, -0.2) is 4.79 Å². The lowest BCUT2D eigenvalue weighted by Gasteiger charge is -2.14. The predicted molar refractivity (Wildman–Crippen MR) is 104 cm³/mol. The zero-order chi connectivity index (χ0) is 22.3. The second-order valence-corrected chi connectivity index (χ2v) is 6.54. The van der Waals surface area contributed by atoms with Gasteiger partial charge >= 0.3 is 11.7 Å². The zero-order valence-electron chi connectivity index (χ0n) is 16.1. The maximum absolute atomic E-state index is 11.6. The first-order valence-electron chi connectivity index (χ1n) is 9.04. The van der Waals surface area contributed by atoms with Crippen LogP contribution in [0, 0.1) is 6.92 Å². The molecule has 11 nitrogen and oxygen atoms in total. The largest absolute Gasteiger partial charge is 0.480 e. The highest BCUT2D eigenvalue weighted by molar-refractivity contribution is 5.95. The number of rotatable bonds is 5. The van der Waals surface area contributed by atoms with Crippen LogP contribution in [0.4, 0.5) is 0 Å². The minimum Gasteiger partial charge on any atom is -0.480 e. The summed E-state index contributed by atoms with van der Waals surface area (Å²) in [6.45, 7) is 0.909. The van der Waals surface area contributed by atoms with Crippen molar-refractivity contribution in [3.05, 3.63) is 68.5 Å². The fraction of sp³-hybridized carbons (Fsp3) is 0.368. The molecule has 1 amide bonds. The second kappa shape index (κ2) is 10.5. The Labute approximate surface area is 170 Å². The molecule has 2 heterocycles. The summed E-state index contributed by atoms with van der Waals surface area (Å²) in [4.78, 5) is 46.2. The number of hydrogen-bond donors (Lipinski definition) is 5. The number of carbonyl (C=O) groups excluding carboxylic acids is 1. The summed E-state index contributed by atoms with van der Waals surface area (Å²) >= 11 is 0. The average molecular weight is 421 g/mol. The van der Waals surface area contributed by atoms with Gasteiger partial charge in [-0.15, -0.1) is 0 Å². The molecule has 30 heavy (non-hydrogen) atoms. The fourth-order valence-electron chi connectivity index (χ4n) is 2.70. The van der Waals surface area contributed by atoms with Gasteiger partial charge in [0, 0.05) is 23.7 Å². The predicted octanol–water partition coefficient (Wildman–Crippen LogP) is -1.01. The summed E-state index contributed by atoms with van der Waals surface area (Å²) in [6, 6.07) is 8.47. The van der Waals surface area contributed by atoms with E-state index in [0.717, 1.165) is 0 Å². The Kier molecular flexibility index (Phi) is 8.04. The van der Waals surface area contributed by atoms with Crippen molar-refractivity contribution in [2.45, 2.75) is 31.8 Å². The Morgan fingerprint density at radius 2 is 1.93 bits per heavy atom. The van der Waals surface area contributed by atoms with E-state index in [-0.39, 0.29) is 25.5 Å². The van der Waals surface area contributed by atoms with Gasteiger partial charge in [0.05, 0.1) is 12.7 Å². The van der Waals surface area contributed by atoms with Crippen molar-refractivity contribution in [3.63, 3.8) is 0 Å². The van der Waals surface area contributed by atoms with E-state index in [0.29, 0.717) is 11.1 Å². The third-order valence-corrected chi connectivity index (χ3v) is 4.28. The summed E-state index contributed by atoms with van der Waals surface area (Å²) in [5.41, 5.74) is -0.182. The highest BCUT2D eigenvalue weighted by Crippen LogP contribution is 2.27. The molecule has 162 valence electrons. The summed E-state index contributed by atoms with van der Waals surface area (Å²) < 4.78 is 6.54. The van der Waals surface area contributed by atoms with E-state index in [1.54, 1.807) is 37.3 Å². The van der Waals surface area contributed by atoms with Crippen molar-refractivity contribution in [2.24, 2.45) is 0 Å². The molecule has 0 bridgehead atoms. The number of carbonyl (C=O) groups is 2. The Bertz CT molecular complexity index is 985. The summed E-state index contributed by atoms with van der Waals surface area (Å²) in [7, 11) is 0. The molecule has 0 spiro atoms. The van der Waals surface area contributed by atoms with Crippen LogP contribution < -0.4 is 16.6 Å². The van der Waals surface area contributed by atoms with Crippen molar-refractivity contribution in [1.82, 2.24) is 14.9 Å². The van der Waals surface area contributed by atoms with Crippen molar-refractivity contribution >= 4 is 11.9 Å². The van der Waals surface area contributed by atoms with E-state index >= 15 is 0 Å². The number of hydrogen-bond acceptors (Lipinski definition) is 7. The van der Waals surface area contributed by atoms with Gasteiger partial charge in [-0.3, -0.25) is 23.9 Å². The number of aryl methyl sites for hydroxylation is 1. The standard InChI is InChI=1S/C10H14N2O5.C9H9NO3/c1-5-3-12(10(16)11-9(5)15)8-2-6(14)7(4-13)17-8;11-8(12)6-10-9(13)7-4-2-1-3-5-7/h3,6-8,13-14H,2,4H2,1H3,(H,11,15,16);1-5H,6H2,(H,10,13)(H,11,12)/t6-,7+,8+;/m0./s1. The zero-order valence-corrected chi connectivity index (χ0v) is 16.1. The maximum atomic E-state index is 11.6. The third-order valence-electron chi connectivity index (χ3n) is 4.28. The molecule has 1 aliphatic rings. The normalized spacial score (nSPS) is 20.2. The van der Waals surface area contributed by atoms with E-state index < -0.39 is 35.7 Å². The molecule has 1 aromatic heterocycles. The highest BCUT2D eigenvalue weighted by atomic mass is 16.5. The Balaban J connectivity index is 0.000000222. The SMILES string of the molecule is Cc1cn([C@H]2C[C@H](O)[C@@H](CO)O2)c(=O)[nH]c1=O.O=C(O)CNC(=O)c1ccccc1. The topological polar surface area (TPSA) is 171 Å². The highest BCUT2D eigenvalue weighted by Gasteiger charge is 2.34. The number of ether oxygens (including phenoxy) is 1. The number of carboxylic acids is 1. The summed E-state index contributed by atoms with van der Waals surface area (Å²) in [5.74, 6) is -1.42. The number of aromatic amines is 1. The second-order valence-electron chi connectivity index (χ2n) is 6.54. The van der Waals surface area contributed by atoms with Crippen LogP contribution in [0.5, 0.6) is 0 Å². The Morgan fingerprint density at radius 3 is 2.50 bits per heavy atom. The summed E-state index contributed by atoms with van der Waals surface area (Å²) in [5, 5.41) is 29.1. The molecule has 3 rings (SSSR count). The summed E-state index contributed by atoms with van der Waals surface area (Å²) in [6.07, 6.45) is -0.581. The molecule has 1 aromatic carbocycles. The number of nitrogens with one attached hydrogen (secondary N) is 2. The van der Waals surface area contributed by atoms with Crippen LogP contribution >= 0.6 is 0 Å². The first-order chi connectivity index (χ1) is 14.2. The average Bonchev–Trinajstić information content (AvgIpc) is 3.10. The van der Waals surface area contributed by atoms with E-state index in [1.165, 1.54) is 10.8 Å². The number of aliphatic carboxylic acids is 1. The van der Waals surface area contributed by atoms with Gasteiger partial charge in [0.1, 0.15) is 18.9 Å². The van der Waals surface area contributed by atoms with Crippen LogP contribution in [0.1, 0.15) is 28.6 Å². The van der Waals surface area contributed by atoms with Crippen LogP contribution in [0.2, 0.25) is 0 Å². The monoisotopic (exact) mass is 421 g/mol. The van der Waals surface area contributed by atoms with Gasteiger partial charge in [-0.2, -0.15) is 0 Å². The van der Waals surface area contributed by atoms with Crippen molar-refractivity contribution in [3.8, 4) is 0 Å². The van der Waals surface area contributed by atoms with Crippen molar-refractivity contribution < 1.29 is 29.6 Å². The van der Waals surface area contributed by atoms with E-state index in [4.69, 9.17) is 14.9 Å². The number of benzene rings is 1. The molecule has 5 N–H and O–H groups in total. The van der Waals surface area contributed by atoms with Crippen LogP contribution in [-0.2, 0) is 9.53 Å². The molecule has 0 radical (unpaired) electrons. The van der Waals surface area contributed by atoms with E-state index in [2.05, 4.69) is 10.3 Å². The Morgan fingerprint density at radius 1 is 1.27 bits per heavy atom. The maximum Gasteiger partial charge on any atom is 0.330 e. The minimum absolute atomic E-state index is 0.205.